The second-order valence-electron chi connectivity index (χ2n) is 7.64. The van der Waals surface area contributed by atoms with Gasteiger partial charge >= 0.3 is 0 Å². The molecule has 0 aliphatic carbocycles. The minimum Gasteiger partial charge on any atom is -0.328 e. The van der Waals surface area contributed by atoms with E-state index in [1.807, 2.05) is 0 Å². The van der Waals surface area contributed by atoms with E-state index in [1.54, 1.807) is 0 Å². The van der Waals surface area contributed by atoms with Gasteiger partial charge in [-0.05, 0) is 38.5 Å². The molecule has 0 amide bonds. The van der Waals surface area contributed by atoms with Gasteiger partial charge in [0.15, 0.2) is 0 Å². The zero-order valence-corrected chi connectivity index (χ0v) is 17.5. The first kappa shape index (κ1) is 28.4. The molecule has 0 unspecified atom stereocenters. The van der Waals surface area contributed by atoms with Gasteiger partial charge in [-0.3, -0.25) is 0 Å². The van der Waals surface area contributed by atoms with E-state index >= 15 is 0 Å². The molecular formula is C14H32Cl2N2O8. The van der Waals surface area contributed by atoms with Gasteiger partial charge in [0.2, 0.25) is 0 Å². The van der Waals surface area contributed by atoms with Gasteiger partial charge in [0.25, 0.3) is 0 Å². The van der Waals surface area contributed by atoms with Crippen LogP contribution in [-0.4, -0.2) is 63.3 Å². The van der Waals surface area contributed by atoms with Crippen LogP contribution in [0, 0.1) is 20.5 Å². The summed E-state index contributed by atoms with van der Waals surface area (Å²) in [7, 11) is -0.614. The second-order valence-corrected chi connectivity index (χ2v) is 9.15. The topological polar surface area (TPSA) is 184 Å². The summed E-state index contributed by atoms with van der Waals surface area (Å²) in [6, 6.07) is 0. The maximum Gasteiger partial charge on any atom is 0.0782 e. The van der Waals surface area contributed by atoms with E-state index in [0.717, 1.165) is 0 Å². The monoisotopic (exact) mass is 426 g/mol. The van der Waals surface area contributed by atoms with E-state index < -0.39 is 20.5 Å². The molecule has 0 radical (unpaired) electrons. The third-order valence-electron chi connectivity index (χ3n) is 4.05. The molecule has 0 aromatic heterocycles. The third-order valence-corrected chi connectivity index (χ3v) is 4.05. The molecule has 10 nitrogen and oxygen atoms in total. The Labute approximate surface area is 160 Å². The zero-order chi connectivity index (χ0) is 21.1. The lowest BCUT2D eigenvalue weighted by Gasteiger charge is -2.33. The maximum absolute atomic E-state index is 8.49. The molecule has 2 saturated heterocycles. The van der Waals surface area contributed by atoms with Crippen molar-refractivity contribution in [2.24, 2.45) is 0 Å². The number of hydrogen-bond donors (Lipinski definition) is 0. The summed E-state index contributed by atoms with van der Waals surface area (Å²) >= 11 is 0. The van der Waals surface area contributed by atoms with Crippen LogP contribution in [0.2, 0.25) is 0 Å². The molecule has 2 fully saturated rings. The van der Waals surface area contributed by atoms with Crippen LogP contribution in [0.5, 0.6) is 0 Å². The van der Waals surface area contributed by atoms with Gasteiger partial charge in [-0.25, -0.2) is 37.3 Å². The largest absolute Gasteiger partial charge is 0.328 e. The van der Waals surface area contributed by atoms with E-state index in [0.29, 0.717) is 0 Å². The molecule has 0 N–H and O–H groups in total. The van der Waals surface area contributed by atoms with Crippen LogP contribution in [0.15, 0.2) is 0 Å². The van der Waals surface area contributed by atoms with Crippen LogP contribution in [-0.2, 0) is 0 Å². The average molecular weight is 427 g/mol. The highest BCUT2D eigenvalue weighted by atomic mass is 35.7. The van der Waals surface area contributed by atoms with Crippen LogP contribution in [0.4, 0.5) is 0 Å². The smallest absolute Gasteiger partial charge is 0.0782 e. The maximum atomic E-state index is 8.49. The first-order valence-corrected chi connectivity index (χ1v) is 10.8. The van der Waals surface area contributed by atoms with Crippen molar-refractivity contribution in [3.05, 3.63) is 0 Å². The molecule has 26 heavy (non-hydrogen) atoms. The number of hydrogen-bond acceptors (Lipinski definition) is 8. The quantitative estimate of drug-likeness (QED) is 0.341. The Morgan fingerprint density at radius 1 is 0.423 bits per heavy atom. The Bertz CT molecular complexity index is 298. The molecule has 2 heterocycles. The predicted octanol–water partition coefficient (Wildman–Crippen LogP) is -7.02. The van der Waals surface area contributed by atoms with Crippen molar-refractivity contribution in [3.8, 4) is 0 Å². The van der Waals surface area contributed by atoms with Crippen LogP contribution < -0.4 is 37.3 Å². The molecule has 160 valence electrons. The van der Waals surface area contributed by atoms with Crippen LogP contribution >= 0.6 is 0 Å². The number of halogens is 2. The Morgan fingerprint density at radius 2 is 0.577 bits per heavy atom. The lowest BCUT2D eigenvalue weighted by Crippen LogP contribution is -2.68. The van der Waals surface area contributed by atoms with Crippen molar-refractivity contribution in [3.63, 3.8) is 0 Å². The fourth-order valence-corrected chi connectivity index (χ4v) is 2.74. The Morgan fingerprint density at radius 3 is 0.654 bits per heavy atom. The normalized spacial score (nSPS) is 21.7. The summed E-state index contributed by atoms with van der Waals surface area (Å²) in [5.41, 5.74) is 0. The number of nitrogens with zero attached hydrogens (tertiary/aromatic N) is 2. The summed E-state index contributed by atoms with van der Waals surface area (Å²) in [5.74, 6) is 0. The summed E-state index contributed by atoms with van der Waals surface area (Å²) in [5, 5.41) is 0. The van der Waals surface area contributed by atoms with Crippen molar-refractivity contribution < 1.29 is 66.7 Å². The van der Waals surface area contributed by atoms with E-state index in [2.05, 4.69) is 28.2 Å². The number of piperidine rings is 2. The molecule has 12 heteroatoms. The van der Waals surface area contributed by atoms with E-state index in [-0.39, 0.29) is 0 Å². The van der Waals surface area contributed by atoms with Crippen LogP contribution in [0.25, 0.3) is 0 Å². The van der Waals surface area contributed by atoms with Gasteiger partial charge in [-0.2, -0.15) is 0 Å². The summed E-state index contributed by atoms with van der Waals surface area (Å²) in [6.07, 6.45) is 8.67. The molecular weight excluding hydrogens is 395 g/mol. The number of quaternary nitrogens is 2. The van der Waals surface area contributed by atoms with E-state index in [9.17, 15) is 0 Å². The van der Waals surface area contributed by atoms with Gasteiger partial charge in [-0.15, -0.1) is 20.5 Å². The number of rotatable bonds is 0. The molecule has 0 aromatic rings. The highest BCUT2D eigenvalue weighted by Gasteiger charge is 2.18. The van der Waals surface area contributed by atoms with E-state index in [4.69, 9.17) is 37.3 Å². The lowest BCUT2D eigenvalue weighted by atomic mass is 10.1. The SMILES string of the molecule is C[N+]1(C)CCCCC1.C[N+]1(C)CCCCC1.[O-][Cl+3]([O-])([O-])[O-].[O-][Cl+3]([O-])([O-])[O-]. The van der Waals surface area contributed by atoms with Crippen molar-refractivity contribution in [1.82, 2.24) is 0 Å². The molecule has 0 aromatic carbocycles. The highest BCUT2D eigenvalue weighted by molar-refractivity contribution is 4.48. The predicted molar refractivity (Wildman–Crippen MR) is 71.4 cm³/mol. The molecule has 0 spiro atoms. The van der Waals surface area contributed by atoms with Crippen LogP contribution in [0.3, 0.4) is 0 Å². The lowest BCUT2D eigenvalue weighted by molar-refractivity contribution is -2.00. The molecule has 2 aliphatic rings. The van der Waals surface area contributed by atoms with Crippen molar-refractivity contribution in [2.45, 2.75) is 38.5 Å². The van der Waals surface area contributed by atoms with Crippen molar-refractivity contribution in [1.29, 1.82) is 0 Å². The standard InChI is InChI=1S/2C7H16N.2ClHO4/c2*1-8(2)6-4-3-5-7-8;2*2-1(3,4)5/h2*3-7H2,1-2H3;2*(H,2,3,4,5)/q2*+1;;/p-2. The number of likely N-dealkylation sites (tertiary alicyclic amines) is 2. The molecule has 0 saturated carbocycles. The Kier molecular flexibility index (Phi) is 13.8. The summed E-state index contributed by atoms with van der Waals surface area (Å²) in [4.78, 5) is 0. The van der Waals surface area contributed by atoms with Gasteiger partial charge in [0.05, 0.1) is 54.4 Å². The Balaban J connectivity index is 0. The third kappa shape index (κ3) is 31.9. The van der Waals surface area contributed by atoms with Gasteiger partial charge in [-0.1, -0.05) is 0 Å². The minimum atomic E-state index is -4.94. The second kappa shape index (κ2) is 12.6. The summed E-state index contributed by atoms with van der Waals surface area (Å²) in [6.45, 7) is 5.56. The van der Waals surface area contributed by atoms with Gasteiger partial charge in [0, 0.05) is 0 Å². The fraction of sp³-hybridized carbons (Fsp3) is 1.00. The Hall–Kier alpha value is 0.180. The first-order chi connectivity index (χ1) is 11.4. The van der Waals surface area contributed by atoms with Gasteiger partial charge < -0.3 is 8.97 Å². The average Bonchev–Trinajstić information content (AvgIpc) is 2.34. The van der Waals surface area contributed by atoms with Crippen molar-refractivity contribution >= 4 is 0 Å². The molecule has 0 bridgehead atoms. The van der Waals surface area contributed by atoms with E-state index in [1.165, 1.54) is 73.7 Å². The first-order valence-electron chi connectivity index (χ1n) is 8.29. The minimum absolute atomic E-state index is 1.25. The highest BCUT2D eigenvalue weighted by Crippen LogP contribution is 2.12. The van der Waals surface area contributed by atoms with Crippen molar-refractivity contribution in [2.75, 3.05) is 54.4 Å². The van der Waals surface area contributed by atoms with Crippen LogP contribution in [0.1, 0.15) is 38.5 Å². The fourth-order valence-electron chi connectivity index (χ4n) is 2.74. The summed E-state index contributed by atoms with van der Waals surface area (Å²) < 4.78 is 70.4. The molecule has 0 atom stereocenters. The molecule has 2 aliphatic heterocycles. The molecule has 2 rings (SSSR count). The van der Waals surface area contributed by atoms with Gasteiger partial charge in [0.1, 0.15) is 0 Å². The zero-order valence-electron chi connectivity index (χ0n) is 16.0.